The summed E-state index contributed by atoms with van der Waals surface area (Å²) in [7, 11) is 3.61. The van der Waals surface area contributed by atoms with Crippen molar-refractivity contribution in [1.82, 2.24) is 25.4 Å². The number of ether oxygens (including phenoxy) is 1. The summed E-state index contributed by atoms with van der Waals surface area (Å²) in [6, 6.07) is 0. The fraction of sp³-hybridized carbons (Fsp3) is 0.769. The zero-order valence-electron chi connectivity index (χ0n) is 12.7. The molecule has 1 aromatic rings. The van der Waals surface area contributed by atoms with Crippen molar-refractivity contribution in [2.45, 2.75) is 32.7 Å². The summed E-state index contributed by atoms with van der Waals surface area (Å²) >= 11 is 0. The van der Waals surface area contributed by atoms with Gasteiger partial charge in [-0.15, -0.1) is 0 Å². The van der Waals surface area contributed by atoms with Crippen LogP contribution in [0.3, 0.4) is 0 Å². The molecule has 1 rings (SSSR count). The van der Waals surface area contributed by atoms with Crippen molar-refractivity contribution in [1.29, 1.82) is 0 Å². The smallest absolute Gasteiger partial charge is 0.191 e. The Labute approximate surface area is 120 Å². The van der Waals surface area contributed by atoms with Crippen molar-refractivity contribution >= 4 is 5.96 Å². The molecule has 0 bridgehead atoms. The predicted molar refractivity (Wildman–Crippen MR) is 79.5 cm³/mol. The van der Waals surface area contributed by atoms with Crippen LogP contribution in [0.15, 0.2) is 11.3 Å². The predicted octanol–water partition coefficient (Wildman–Crippen LogP) is 0.687. The van der Waals surface area contributed by atoms with Crippen LogP contribution in [-0.2, 0) is 18.3 Å². The first-order valence-electron chi connectivity index (χ1n) is 7.12. The lowest BCUT2D eigenvalue weighted by atomic mass is 10.2. The van der Waals surface area contributed by atoms with Crippen LogP contribution in [0.25, 0.3) is 0 Å². The van der Waals surface area contributed by atoms with E-state index in [1.54, 1.807) is 18.1 Å². The van der Waals surface area contributed by atoms with Gasteiger partial charge in [0.2, 0.25) is 0 Å². The van der Waals surface area contributed by atoms with Crippen molar-refractivity contribution < 1.29 is 4.74 Å². The van der Waals surface area contributed by atoms with E-state index in [1.807, 2.05) is 7.05 Å². The van der Waals surface area contributed by atoms with E-state index in [4.69, 9.17) is 4.74 Å². The highest BCUT2D eigenvalue weighted by molar-refractivity contribution is 5.79. The molecular weight excluding hydrogens is 256 g/mol. The second-order valence-corrected chi connectivity index (χ2v) is 4.48. The summed E-state index contributed by atoms with van der Waals surface area (Å²) in [4.78, 5) is 8.65. The Morgan fingerprint density at radius 3 is 2.85 bits per heavy atom. The molecule has 0 saturated carbocycles. The molecule has 0 radical (unpaired) electrons. The first-order valence-corrected chi connectivity index (χ1v) is 7.12. The molecule has 2 N–H and O–H groups in total. The van der Waals surface area contributed by atoms with Crippen molar-refractivity contribution in [2.24, 2.45) is 12.0 Å². The van der Waals surface area contributed by atoms with Crippen LogP contribution < -0.4 is 10.6 Å². The van der Waals surface area contributed by atoms with Crippen LogP contribution in [0.1, 0.15) is 32.0 Å². The molecule has 7 nitrogen and oxygen atoms in total. The Kier molecular flexibility index (Phi) is 8.37. The third-order valence-electron chi connectivity index (χ3n) is 2.85. The largest absolute Gasteiger partial charge is 0.385 e. The van der Waals surface area contributed by atoms with Crippen LogP contribution in [-0.4, -0.2) is 47.5 Å². The molecule has 20 heavy (non-hydrogen) atoms. The first-order chi connectivity index (χ1) is 9.77. The molecule has 114 valence electrons. The molecule has 0 atom stereocenters. The first kappa shape index (κ1) is 16.4. The Balaban J connectivity index is 2.30. The maximum Gasteiger partial charge on any atom is 0.191 e. The summed E-state index contributed by atoms with van der Waals surface area (Å²) < 4.78 is 6.76. The molecule has 1 heterocycles. The number of rotatable bonds is 9. The number of hydrogen-bond donors (Lipinski definition) is 2. The lowest BCUT2D eigenvalue weighted by Gasteiger charge is -2.11. The molecular formula is C13H26N6O. The average molecular weight is 282 g/mol. The van der Waals surface area contributed by atoms with Crippen LogP contribution in [0.2, 0.25) is 0 Å². The number of hydrogen-bond acceptors (Lipinski definition) is 4. The Morgan fingerprint density at radius 2 is 2.20 bits per heavy atom. The summed E-state index contributed by atoms with van der Waals surface area (Å²) in [5.74, 6) is 1.67. The Bertz CT molecular complexity index is 390. The van der Waals surface area contributed by atoms with Crippen molar-refractivity contribution in [3.05, 3.63) is 12.2 Å². The van der Waals surface area contributed by atoms with E-state index in [2.05, 4.69) is 32.6 Å². The highest BCUT2D eigenvalue weighted by Gasteiger charge is 2.01. The van der Waals surface area contributed by atoms with Crippen LogP contribution >= 0.6 is 0 Å². The standard InChI is InChI=1S/C13H26N6O/c1-4-14-13(15-8-6-5-7-9-20-3)16-10-12-17-11-18-19(12)2/h11H,4-10H2,1-3H3,(H2,14,15,16). The molecule has 0 saturated heterocycles. The number of guanidine groups is 1. The minimum Gasteiger partial charge on any atom is -0.385 e. The number of aliphatic imine (C=N–C) groups is 1. The van der Waals surface area contributed by atoms with Gasteiger partial charge >= 0.3 is 0 Å². The van der Waals surface area contributed by atoms with Gasteiger partial charge < -0.3 is 15.4 Å². The molecule has 0 fully saturated rings. The summed E-state index contributed by atoms with van der Waals surface area (Å²) in [5, 5.41) is 10.6. The highest BCUT2D eigenvalue weighted by Crippen LogP contribution is 1.95. The fourth-order valence-corrected chi connectivity index (χ4v) is 1.71. The zero-order chi connectivity index (χ0) is 14.6. The number of aromatic nitrogens is 3. The molecule has 0 aliphatic carbocycles. The van der Waals surface area contributed by atoms with E-state index in [-0.39, 0.29) is 0 Å². The van der Waals surface area contributed by atoms with Gasteiger partial charge in [0.25, 0.3) is 0 Å². The second-order valence-electron chi connectivity index (χ2n) is 4.48. The van der Waals surface area contributed by atoms with Crippen LogP contribution in [0.4, 0.5) is 0 Å². The average Bonchev–Trinajstić information content (AvgIpc) is 2.85. The normalized spacial score (nSPS) is 11.7. The van der Waals surface area contributed by atoms with E-state index in [0.717, 1.165) is 50.7 Å². The van der Waals surface area contributed by atoms with E-state index in [9.17, 15) is 0 Å². The molecule has 0 spiro atoms. The van der Waals surface area contributed by atoms with Gasteiger partial charge in [-0.25, -0.2) is 9.98 Å². The number of nitrogens with zero attached hydrogens (tertiary/aromatic N) is 4. The van der Waals surface area contributed by atoms with Crippen molar-refractivity contribution in [3.8, 4) is 0 Å². The fourth-order valence-electron chi connectivity index (χ4n) is 1.71. The third-order valence-corrected chi connectivity index (χ3v) is 2.85. The number of methoxy groups -OCH3 is 1. The maximum atomic E-state index is 5.03. The van der Waals surface area contributed by atoms with Gasteiger partial charge in [0.1, 0.15) is 18.7 Å². The summed E-state index contributed by atoms with van der Waals surface area (Å²) in [6.07, 6.45) is 4.91. The van der Waals surface area contributed by atoms with Gasteiger partial charge in [0, 0.05) is 33.9 Å². The zero-order valence-corrected chi connectivity index (χ0v) is 12.7. The van der Waals surface area contributed by atoms with Crippen LogP contribution in [0, 0.1) is 0 Å². The van der Waals surface area contributed by atoms with Gasteiger partial charge in [-0.2, -0.15) is 5.10 Å². The number of nitrogens with one attached hydrogen (secondary N) is 2. The van der Waals surface area contributed by atoms with E-state index in [1.165, 1.54) is 0 Å². The van der Waals surface area contributed by atoms with Crippen molar-refractivity contribution in [3.63, 3.8) is 0 Å². The van der Waals surface area contributed by atoms with Crippen molar-refractivity contribution in [2.75, 3.05) is 26.8 Å². The molecule has 0 aliphatic heterocycles. The Morgan fingerprint density at radius 1 is 1.35 bits per heavy atom. The van der Waals surface area contributed by atoms with Gasteiger partial charge in [-0.1, -0.05) is 0 Å². The quantitative estimate of drug-likeness (QED) is 0.396. The topological polar surface area (TPSA) is 76.4 Å². The van der Waals surface area contributed by atoms with Gasteiger partial charge in [0.05, 0.1) is 0 Å². The van der Waals surface area contributed by atoms with Crippen LogP contribution in [0.5, 0.6) is 0 Å². The highest BCUT2D eigenvalue weighted by atomic mass is 16.5. The maximum absolute atomic E-state index is 5.03. The van der Waals surface area contributed by atoms with E-state index < -0.39 is 0 Å². The second kappa shape index (κ2) is 10.2. The van der Waals surface area contributed by atoms with Gasteiger partial charge in [-0.05, 0) is 26.2 Å². The molecule has 0 aromatic carbocycles. The van der Waals surface area contributed by atoms with E-state index >= 15 is 0 Å². The lowest BCUT2D eigenvalue weighted by Crippen LogP contribution is -2.37. The Hall–Kier alpha value is -1.63. The molecule has 0 amide bonds. The van der Waals surface area contributed by atoms with Gasteiger partial charge in [-0.3, -0.25) is 4.68 Å². The molecule has 7 heteroatoms. The minimum absolute atomic E-state index is 0.523. The monoisotopic (exact) mass is 282 g/mol. The summed E-state index contributed by atoms with van der Waals surface area (Å²) in [5.41, 5.74) is 0. The number of aryl methyl sites for hydroxylation is 1. The van der Waals surface area contributed by atoms with E-state index in [0.29, 0.717) is 6.54 Å². The lowest BCUT2D eigenvalue weighted by molar-refractivity contribution is 0.192. The molecule has 0 unspecified atom stereocenters. The number of unbranched alkanes of at least 4 members (excludes halogenated alkanes) is 2. The molecule has 0 aliphatic rings. The third kappa shape index (κ3) is 6.51. The minimum atomic E-state index is 0.523. The SMILES string of the molecule is CCNC(=NCc1ncnn1C)NCCCCCOC. The van der Waals surface area contributed by atoms with Gasteiger partial charge in [0.15, 0.2) is 5.96 Å². The molecule has 1 aromatic heterocycles. The summed E-state index contributed by atoms with van der Waals surface area (Å²) in [6.45, 7) is 5.16.